The zero-order chi connectivity index (χ0) is 43.4. The number of rotatable bonds is 3. The maximum absolute atomic E-state index is 11.8. The van der Waals surface area contributed by atoms with Gasteiger partial charge in [0.15, 0.2) is 0 Å². The van der Waals surface area contributed by atoms with E-state index >= 15 is 0 Å². The van der Waals surface area contributed by atoms with Crippen LogP contribution in [-0.4, -0.2) is 36.2 Å². The number of ether oxygens (including phenoxy) is 3. The van der Waals surface area contributed by atoms with Gasteiger partial charge in [-0.15, -0.1) is 0 Å². The first-order chi connectivity index (χ1) is 29.4. The Hall–Kier alpha value is -1.59. The van der Waals surface area contributed by atoms with Crippen molar-refractivity contribution in [1.82, 2.24) is 0 Å². The van der Waals surface area contributed by atoms with E-state index in [9.17, 15) is 14.4 Å². The van der Waals surface area contributed by atoms with Gasteiger partial charge in [-0.05, 0) is 77.6 Å². The molecule has 0 saturated carbocycles. The van der Waals surface area contributed by atoms with Crippen LogP contribution in [0.4, 0.5) is 0 Å². The van der Waals surface area contributed by atoms with Crippen molar-refractivity contribution in [2.75, 3.05) is 0 Å². The van der Waals surface area contributed by atoms with Gasteiger partial charge in [0, 0.05) is 19.3 Å². The molecule has 354 valence electrons. The van der Waals surface area contributed by atoms with E-state index in [1.165, 1.54) is 212 Å². The molecule has 60 heavy (non-hydrogen) atoms. The third kappa shape index (κ3) is 39.3. The number of hydrogen-bond donors (Lipinski definition) is 0. The van der Waals surface area contributed by atoms with Crippen LogP contribution in [0.15, 0.2) is 0 Å². The van der Waals surface area contributed by atoms with Crippen LogP contribution >= 0.6 is 0 Å². The Labute approximate surface area is 373 Å². The van der Waals surface area contributed by atoms with Gasteiger partial charge >= 0.3 is 17.9 Å². The molecule has 0 aliphatic carbocycles. The van der Waals surface area contributed by atoms with Gasteiger partial charge in [-0.3, -0.25) is 14.4 Å². The molecule has 3 rings (SSSR count). The molecule has 3 aliphatic rings. The average molecular weight is 847 g/mol. The Balaban J connectivity index is 0.000000450. The van der Waals surface area contributed by atoms with Gasteiger partial charge in [0.05, 0.1) is 6.10 Å². The van der Waals surface area contributed by atoms with E-state index in [4.69, 9.17) is 14.2 Å². The Bertz CT molecular complexity index is 950. The van der Waals surface area contributed by atoms with E-state index in [0.717, 1.165) is 57.8 Å². The fourth-order valence-electron chi connectivity index (χ4n) is 9.05. The van der Waals surface area contributed by atoms with Gasteiger partial charge in [0.2, 0.25) is 0 Å². The summed E-state index contributed by atoms with van der Waals surface area (Å²) >= 11 is 0. The summed E-state index contributed by atoms with van der Waals surface area (Å²) in [5.74, 6) is 0.0790. The Kier molecular flexibility index (Phi) is 41.4. The Morgan fingerprint density at radius 2 is 0.583 bits per heavy atom. The number of hydrogen-bond acceptors (Lipinski definition) is 6. The van der Waals surface area contributed by atoms with Crippen molar-refractivity contribution >= 4 is 17.9 Å². The fraction of sp³-hybridized carbons (Fsp3) is 0.944. The minimum atomic E-state index is 0.0126. The minimum Gasteiger partial charge on any atom is -0.463 e. The van der Waals surface area contributed by atoms with E-state index in [2.05, 4.69) is 13.8 Å². The average Bonchev–Trinajstić information content (AvgIpc) is 3.23. The van der Waals surface area contributed by atoms with Crippen LogP contribution in [0, 0.1) is 0 Å². The van der Waals surface area contributed by atoms with Crippen LogP contribution in [0.5, 0.6) is 0 Å². The molecule has 6 nitrogen and oxygen atoms in total. The first-order valence-corrected chi connectivity index (χ1v) is 27.0. The maximum atomic E-state index is 11.8. The molecule has 0 spiro atoms. The number of carbonyl (C=O) groups is 3. The van der Waals surface area contributed by atoms with Crippen LogP contribution in [0.1, 0.15) is 310 Å². The predicted octanol–water partition coefficient (Wildman–Crippen LogP) is 17.3. The zero-order valence-corrected chi connectivity index (χ0v) is 40.5. The van der Waals surface area contributed by atoms with Gasteiger partial charge in [-0.2, -0.15) is 0 Å². The molecule has 3 heterocycles. The molecule has 0 aromatic rings. The molecule has 0 N–H and O–H groups in total. The highest BCUT2D eigenvalue weighted by Gasteiger charge is 2.15. The number of cyclic esters (lactones) is 3. The normalized spacial score (nSPS) is 25.6. The summed E-state index contributed by atoms with van der Waals surface area (Å²) in [5.41, 5.74) is 0. The van der Waals surface area contributed by atoms with E-state index in [1.807, 2.05) is 6.92 Å². The molecule has 0 amide bonds. The summed E-state index contributed by atoms with van der Waals surface area (Å²) in [5, 5.41) is 0. The van der Waals surface area contributed by atoms with Gasteiger partial charge < -0.3 is 14.2 Å². The van der Waals surface area contributed by atoms with Crippen LogP contribution in [-0.2, 0) is 28.6 Å². The lowest BCUT2D eigenvalue weighted by Gasteiger charge is -2.17. The second-order valence-electron chi connectivity index (χ2n) is 19.1. The van der Waals surface area contributed by atoms with E-state index < -0.39 is 0 Å². The van der Waals surface area contributed by atoms with Crippen molar-refractivity contribution in [3.05, 3.63) is 0 Å². The summed E-state index contributed by atoms with van der Waals surface area (Å²) in [4.78, 5) is 35.3. The van der Waals surface area contributed by atoms with Crippen molar-refractivity contribution in [2.24, 2.45) is 0 Å². The van der Waals surface area contributed by atoms with E-state index in [0.29, 0.717) is 19.3 Å². The summed E-state index contributed by atoms with van der Waals surface area (Å²) in [6, 6.07) is 0. The summed E-state index contributed by atoms with van der Waals surface area (Å²) in [6.07, 6.45) is 55.6. The minimum absolute atomic E-state index is 0.0126. The van der Waals surface area contributed by atoms with Crippen molar-refractivity contribution < 1.29 is 28.6 Å². The van der Waals surface area contributed by atoms with Gasteiger partial charge in [-0.25, -0.2) is 0 Å². The molecule has 3 atom stereocenters. The molecule has 3 fully saturated rings. The van der Waals surface area contributed by atoms with Crippen molar-refractivity contribution in [3.8, 4) is 0 Å². The lowest BCUT2D eigenvalue weighted by atomic mass is 10.0. The molecular weight excluding hydrogens is 745 g/mol. The molecule has 3 unspecified atom stereocenters. The summed E-state index contributed by atoms with van der Waals surface area (Å²) in [7, 11) is 0. The molecule has 0 bridgehead atoms. The first-order valence-electron chi connectivity index (χ1n) is 27.0. The quantitative estimate of drug-likeness (QED) is 0.208. The van der Waals surface area contributed by atoms with Gasteiger partial charge in [-0.1, -0.05) is 213 Å². The second kappa shape index (κ2) is 44.0. The fourth-order valence-corrected chi connectivity index (χ4v) is 9.05. The monoisotopic (exact) mass is 847 g/mol. The molecule has 6 heteroatoms. The van der Waals surface area contributed by atoms with Gasteiger partial charge in [0.25, 0.3) is 0 Å². The zero-order valence-electron chi connectivity index (χ0n) is 40.5. The maximum Gasteiger partial charge on any atom is 0.306 e. The molecule has 3 saturated heterocycles. The van der Waals surface area contributed by atoms with Crippen LogP contribution in [0.25, 0.3) is 0 Å². The summed E-state index contributed by atoms with van der Waals surface area (Å²) < 4.78 is 16.7. The third-order valence-electron chi connectivity index (χ3n) is 13.1. The largest absolute Gasteiger partial charge is 0.463 e. The van der Waals surface area contributed by atoms with E-state index in [-0.39, 0.29) is 36.2 Å². The third-order valence-corrected chi connectivity index (χ3v) is 13.1. The van der Waals surface area contributed by atoms with Gasteiger partial charge in [0.1, 0.15) is 12.2 Å². The van der Waals surface area contributed by atoms with Crippen LogP contribution in [0.2, 0.25) is 0 Å². The second-order valence-corrected chi connectivity index (χ2v) is 19.1. The van der Waals surface area contributed by atoms with Crippen LogP contribution in [0.3, 0.4) is 0 Å². The highest BCUT2D eigenvalue weighted by Crippen LogP contribution is 2.20. The molecule has 3 aliphatic heterocycles. The first kappa shape index (κ1) is 56.4. The molecule has 0 aromatic heterocycles. The van der Waals surface area contributed by atoms with Crippen molar-refractivity contribution in [2.45, 2.75) is 328 Å². The Morgan fingerprint density at radius 1 is 0.333 bits per heavy atom. The van der Waals surface area contributed by atoms with Crippen molar-refractivity contribution in [3.63, 3.8) is 0 Å². The highest BCUT2D eigenvalue weighted by molar-refractivity contribution is 5.70. The molecule has 0 radical (unpaired) electrons. The molecule has 0 aromatic carbocycles. The van der Waals surface area contributed by atoms with Crippen LogP contribution < -0.4 is 0 Å². The SMILES string of the molecule is CC1CCCCCCCCCCCCCCCC(=O)O1.CCC1CCCCCCCCCCCCCCC(=O)O1.CCCC1CCCCCCCCCCCCCC(=O)O1. The standard InChI is InChI=1S/3C18H34O2/c1-17-15-13-11-9-7-5-3-2-4-6-8-10-12-14-16-18(19)20-17;1-2-17-15-13-11-9-7-5-3-4-6-8-10-12-14-16-18(19)20-17;1-2-14-17-15-12-10-8-6-4-3-5-7-9-11-13-16-18(19)20-17/h3*17H,2-16H2,1H3. The topological polar surface area (TPSA) is 78.9 Å². The lowest BCUT2D eigenvalue weighted by Crippen LogP contribution is -2.18. The predicted molar refractivity (Wildman–Crippen MR) is 254 cm³/mol. The number of carbonyl (C=O) groups excluding carboxylic acids is 3. The lowest BCUT2D eigenvalue weighted by molar-refractivity contribution is -0.150. The van der Waals surface area contributed by atoms with Crippen molar-refractivity contribution in [1.29, 1.82) is 0 Å². The molecular formula is C54H102O6. The highest BCUT2D eigenvalue weighted by atomic mass is 16.5. The Morgan fingerprint density at radius 3 is 0.900 bits per heavy atom. The van der Waals surface area contributed by atoms with E-state index in [1.54, 1.807) is 0 Å². The summed E-state index contributed by atoms with van der Waals surface area (Å²) in [6.45, 7) is 6.34. The smallest absolute Gasteiger partial charge is 0.306 e. The number of esters is 3.